The van der Waals surface area contributed by atoms with Crippen LogP contribution >= 0.6 is 0 Å². The summed E-state index contributed by atoms with van der Waals surface area (Å²) in [6.07, 6.45) is 1.96. The van der Waals surface area contributed by atoms with Gasteiger partial charge in [0.2, 0.25) is 0 Å². The molecule has 136 valence electrons. The fraction of sp³-hybridized carbons (Fsp3) is 0.438. The number of H-pyrrole nitrogens is 1. The Hall–Kier alpha value is -2.42. The Morgan fingerprint density at radius 1 is 1.32 bits per heavy atom. The standard InChI is InChI=1S/C16H22N4O4S/c1-5-6-10(2)14-9-16(18-17-14)19-25(23,24)15-8-13(20(21)22)7-11(3)12(15)4/h7-10H,5-6H2,1-4H3,(H2,17,18,19). The van der Waals surface area contributed by atoms with Crippen LogP contribution in [0.15, 0.2) is 23.1 Å². The van der Waals surface area contributed by atoms with E-state index < -0.39 is 14.9 Å². The number of nitro benzene ring substituents is 1. The number of benzene rings is 1. The fourth-order valence-corrected chi connectivity index (χ4v) is 3.95. The number of nitrogens with one attached hydrogen (secondary N) is 2. The number of hydrogen-bond donors (Lipinski definition) is 2. The largest absolute Gasteiger partial charge is 0.280 e. The van der Waals surface area contributed by atoms with Crippen LogP contribution < -0.4 is 4.72 Å². The molecule has 2 N–H and O–H groups in total. The van der Waals surface area contributed by atoms with Crippen LogP contribution in [-0.4, -0.2) is 23.5 Å². The third-order valence-electron chi connectivity index (χ3n) is 4.19. The molecule has 9 heteroatoms. The minimum absolute atomic E-state index is 0.120. The van der Waals surface area contributed by atoms with E-state index in [-0.39, 0.29) is 22.3 Å². The Kier molecular flexibility index (Phi) is 5.46. The highest BCUT2D eigenvalue weighted by Crippen LogP contribution is 2.27. The lowest BCUT2D eigenvalue weighted by atomic mass is 10.0. The Morgan fingerprint density at radius 2 is 2.00 bits per heavy atom. The first-order valence-electron chi connectivity index (χ1n) is 7.99. The summed E-state index contributed by atoms with van der Waals surface area (Å²) in [5.41, 5.74) is 1.58. The molecular formula is C16H22N4O4S. The highest BCUT2D eigenvalue weighted by Gasteiger charge is 2.23. The van der Waals surface area contributed by atoms with Crippen molar-refractivity contribution in [1.29, 1.82) is 0 Å². The van der Waals surface area contributed by atoms with Gasteiger partial charge in [-0.25, -0.2) is 8.42 Å². The number of nitro groups is 1. The minimum atomic E-state index is -3.98. The molecule has 2 rings (SSSR count). The zero-order valence-corrected chi connectivity index (χ0v) is 15.5. The summed E-state index contributed by atoms with van der Waals surface area (Å²) in [6.45, 7) is 7.36. The summed E-state index contributed by atoms with van der Waals surface area (Å²) in [5, 5.41) is 17.8. The van der Waals surface area contributed by atoms with E-state index >= 15 is 0 Å². The fourth-order valence-electron chi connectivity index (χ4n) is 2.62. The van der Waals surface area contributed by atoms with Crippen molar-refractivity contribution < 1.29 is 13.3 Å². The van der Waals surface area contributed by atoms with E-state index in [0.717, 1.165) is 24.6 Å². The molecule has 1 atom stereocenters. The average molecular weight is 366 g/mol. The van der Waals surface area contributed by atoms with Gasteiger partial charge in [0, 0.05) is 23.9 Å². The zero-order chi connectivity index (χ0) is 18.8. The van der Waals surface area contributed by atoms with Gasteiger partial charge in [-0.1, -0.05) is 20.3 Å². The van der Waals surface area contributed by atoms with Gasteiger partial charge in [-0.3, -0.25) is 19.9 Å². The first-order valence-corrected chi connectivity index (χ1v) is 9.47. The van der Waals surface area contributed by atoms with E-state index in [1.807, 2.05) is 6.92 Å². The van der Waals surface area contributed by atoms with Crippen LogP contribution in [0.25, 0.3) is 0 Å². The van der Waals surface area contributed by atoms with Gasteiger partial charge in [-0.15, -0.1) is 0 Å². The number of aromatic amines is 1. The number of sulfonamides is 1. The third-order valence-corrected chi connectivity index (χ3v) is 5.67. The first kappa shape index (κ1) is 18.9. The van der Waals surface area contributed by atoms with Crippen LogP contribution in [0.4, 0.5) is 11.5 Å². The molecule has 0 spiro atoms. The summed E-state index contributed by atoms with van der Waals surface area (Å²) >= 11 is 0. The zero-order valence-electron chi connectivity index (χ0n) is 14.7. The van der Waals surface area contributed by atoms with Crippen LogP contribution in [0.1, 0.15) is 49.4 Å². The van der Waals surface area contributed by atoms with Crippen molar-refractivity contribution in [3.63, 3.8) is 0 Å². The maximum Gasteiger partial charge on any atom is 0.271 e. The second kappa shape index (κ2) is 7.22. The van der Waals surface area contributed by atoms with E-state index in [1.165, 1.54) is 6.07 Å². The lowest BCUT2D eigenvalue weighted by Gasteiger charge is -2.10. The summed E-state index contributed by atoms with van der Waals surface area (Å²) in [6, 6.07) is 4.07. The lowest BCUT2D eigenvalue weighted by molar-refractivity contribution is -0.385. The van der Waals surface area contributed by atoms with Crippen LogP contribution in [-0.2, 0) is 10.0 Å². The number of nitrogens with zero attached hydrogens (tertiary/aromatic N) is 2. The monoisotopic (exact) mass is 366 g/mol. The predicted molar refractivity (Wildman–Crippen MR) is 95.3 cm³/mol. The Balaban J connectivity index is 2.35. The van der Waals surface area contributed by atoms with E-state index in [0.29, 0.717) is 11.1 Å². The van der Waals surface area contributed by atoms with Crippen molar-refractivity contribution in [3.8, 4) is 0 Å². The van der Waals surface area contributed by atoms with Crippen molar-refractivity contribution in [2.75, 3.05) is 4.72 Å². The van der Waals surface area contributed by atoms with Crippen molar-refractivity contribution in [3.05, 3.63) is 45.1 Å². The number of hydrogen-bond acceptors (Lipinski definition) is 5. The van der Waals surface area contributed by atoms with Crippen molar-refractivity contribution in [1.82, 2.24) is 10.2 Å². The van der Waals surface area contributed by atoms with Gasteiger partial charge in [-0.05, 0) is 37.3 Å². The summed E-state index contributed by atoms with van der Waals surface area (Å²) in [5.74, 6) is 0.402. The van der Waals surface area contributed by atoms with Gasteiger partial charge in [0.15, 0.2) is 5.82 Å². The molecule has 1 heterocycles. The van der Waals surface area contributed by atoms with Crippen molar-refractivity contribution >= 4 is 21.5 Å². The second-order valence-electron chi connectivity index (χ2n) is 6.15. The molecule has 0 radical (unpaired) electrons. The SMILES string of the molecule is CCCC(C)c1cc(NS(=O)(=O)c2cc([N+](=O)[O-])cc(C)c2C)n[nH]1. The van der Waals surface area contributed by atoms with Gasteiger partial charge in [0.1, 0.15) is 0 Å². The first-order chi connectivity index (χ1) is 11.7. The Bertz CT molecular complexity index is 890. The normalized spacial score (nSPS) is 12.8. The topological polar surface area (TPSA) is 118 Å². The van der Waals surface area contributed by atoms with Crippen LogP contribution in [0.5, 0.6) is 0 Å². The van der Waals surface area contributed by atoms with E-state index in [1.54, 1.807) is 19.9 Å². The summed E-state index contributed by atoms with van der Waals surface area (Å²) in [7, 11) is -3.98. The van der Waals surface area contributed by atoms with Gasteiger partial charge in [0.25, 0.3) is 15.7 Å². The van der Waals surface area contributed by atoms with Crippen molar-refractivity contribution in [2.24, 2.45) is 0 Å². The summed E-state index contributed by atoms with van der Waals surface area (Å²) < 4.78 is 27.7. The molecule has 1 aromatic carbocycles. The quantitative estimate of drug-likeness (QED) is 0.573. The van der Waals surface area contributed by atoms with Crippen LogP contribution in [0, 0.1) is 24.0 Å². The Morgan fingerprint density at radius 3 is 2.60 bits per heavy atom. The number of anilines is 1. The van der Waals surface area contributed by atoms with Crippen LogP contribution in [0.2, 0.25) is 0 Å². The number of aryl methyl sites for hydroxylation is 1. The van der Waals surface area contributed by atoms with E-state index in [9.17, 15) is 18.5 Å². The molecule has 1 aromatic heterocycles. The smallest absolute Gasteiger partial charge is 0.271 e. The number of non-ortho nitro benzene ring substituents is 1. The lowest BCUT2D eigenvalue weighted by Crippen LogP contribution is -2.15. The molecule has 0 amide bonds. The van der Waals surface area contributed by atoms with Gasteiger partial charge in [-0.2, -0.15) is 5.10 Å². The molecule has 2 aromatic rings. The number of aromatic nitrogens is 2. The van der Waals surface area contributed by atoms with Gasteiger partial charge in [0.05, 0.1) is 9.82 Å². The molecule has 0 aliphatic rings. The molecule has 0 fully saturated rings. The predicted octanol–water partition coefficient (Wildman–Crippen LogP) is 3.64. The number of rotatable bonds is 7. The summed E-state index contributed by atoms with van der Waals surface area (Å²) in [4.78, 5) is 10.3. The molecule has 25 heavy (non-hydrogen) atoms. The molecular weight excluding hydrogens is 344 g/mol. The molecule has 0 saturated carbocycles. The molecule has 0 saturated heterocycles. The molecule has 0 aliphatic heterocycles. The maximum absolute atomic E-state index is 12.7. The Labute approximate surface area is 146 Å². The van der Waals surface area contributed by atoms with E-state index in [4.69, 9.17) is 0 Å². The molecule has 8 nitrogen and oxygen atoms in total. The maximum atomic E-state index is 12.7. The molecule has 1 unspecified atom stereocenters. The highest BCUT2D eigenvalue weighted by atomic mass is 32.2. The second-order valence-corrected chi connectivity index (χ2v) is 7.80. The van der Waals surface area contributed by atoms with Crippen LogP contribution in [0.3, 0.4) is 0 Å². The molecule has 0 bridgehead atoms. The average Bonchev–Trinajstić information content (AvgIpc) is 2.97. The van der Waals surface area contributed by atoms with E-state index in [2.05, 4.69) is 21.8 Å². The minimum Gasteiger partial charge on any atom is -0.280 e. The van der Waals surface area contributed by atoms with Crippen molar-refractivity contribution in [2.45, 2.75) is 51.3 Å². The third kappa shape index (κ3) is 4.16. The van der Waals surface area contributed by atoms with Gasteiger partial charge >= 0.3 is 0 Å². The highest BCUT2D eigenvalue weighted by molar-refractivity contribution is 7.92. The van der Waals surface area contributed by atoms with Gasteiger partial charge < -0.3 is 0 Å². The molecule has 0 aliphatic carbocycles.